The largest absolute Gasteiger partial charge is 0.326 e. The van der Waals surface area contributed by atoms with Gasteiger partial charge < -0.3 is 5.73 Å². The molecule has 1 aromatic rings. The quantitative estimate of drug-likeness (QED) is 0.862. The van der Waals surface area contributed by atoms with Gasteiger partial charge in [-0.15, -0.1) is 11.3 Å². The van der Waals surface area contributed by atoms with Gasteiger partial charge in [0.15, 0.2) is 4.21 Å². The molecule has 0 saturated heterocycles. The van der Waals surface area contributed by atoms with Crippen molar-refractivity contribution in [3.8, 4) is 0 Å². The van der Waals surface area contributed by atoms with Crippen molar-refractivity contribution in [2.45, 2.75) is 48.9 Å². The van der Waals surface area contributed by atoms with E-state index in [1.807, 2.05) is 0 Å². The summed E-state index contributed by atoms with van der Waals surface area (Å²) < 4.78 is 27.1. The number of nitrogens with two attached hydrogens (primary N) is 1. The van der Waals surface area contributed by atoms with Crippen LogP contribution in [0, 0.1) is 6.92 Å². The van der Waals surface area contributed by atoms with Crippen LogP contribution in [0.5, 0.6) is 0 Å². The smallest absolute Gasteiger partial charge is 0.251 e. The van der Waals surface area contributed by atoms with Gasteiger partial charge in [0.2, 0.25) is 0 Å². The van der Waals surface area contributed by atoms with E-state index in [0.29, 0.717) is 0 Å². The van der Waals surface area contributed by atoms with E-state index < -0.39 is 10.0 Å². The van der Waals surface area contributed by atoms with Gasteiger partial charge in [-0.25, -0.2) is 18.1 Å². The van der Waals surface area contributed by atoms with Crippen LogP contribution in [0.4, 0.5) is 0 Å². The number of rotatable bonds is 3. The number of aryl methyl sites for hydroxylation is 1. The fraction of sp³-hybridized carbons (Fsp3) is 0.700. The highest BCUT2D eigenvalue weighted by Gasteiger charge is 2.28. The molecule has 96 valence electrons. The average molecular weight is 275 g/mol. The second-order valence-corrected chi connectivity index (χ2v) is 7.55. The number of hydrogen-bond donors (Lipinski definition) is 2. The van der Waals surface area contributed by atoms with Crippen LogP contribution < -0.4 is 10.5 Å². The molecule has 2 atom stereocenters. The molecule has 7 heteroatoms. The van der Waals surface area contributed by atoms with Crippen LogP contribution in [0.25, 0.3) is 0 Å². The van der Waals surface area contributed by atoms with E-state index in [1.165, 1.54) is 17.5 Å². The van der Waals surface area contributed by atoms with Crippen LogP contribution in [0.3, 0.4) is 0 Å². The average Bonchev–Trinajstić information content (AvgIpc) is 2.69. The van der Waals surface area contributed by atoms with Crippen molar-refractivity contribution in [2.24, 2.45) is 5.73 Å². The lowest BCUT2D eigenvalue weighted by Gasteiger charge is -2.28. The Morgan fingerprint density at radius 1 is 1.47 bits per heavy atom. The molecule has 0 aromatic carbocycles. The topological polar surface area (TPSA) is 85.1 Å². The van der Waals surface area contributed by atoms with Gasteiger partial charge in [0, 0.05) is 12.1 Å². The van der Waals surface area contributed by atoms with Gasteiger partial charge in [-0.3, -0.25) is 0 Å². The molecule has 0 amide bonds. The summed E-state index contributed by atoms with van der Waals surface area (Å²) in [6.45, 7) is 1.79. The second kappa shape index (κ2) is 5.01. The van der Waals surface area contributed by atoms with Crippen molar-refractivity contribution >= 4 is 21.4 Å². The van der Waals surface area contributed by atoms with Crippen LogP contribution in [-0.4, -0.2) is 25.5 Å². The SMILES string of the molecule is Cc1ncc(S(=O)(=O)N[C@@H]2CCCC[C@H]2N)s1. The molecule has 0 spiro atoms. The Hall–Kier alpha value is -0.500. The monoisotopic (exact) mass is 275 g/mol. The van der Waals surface area contributed by atoms with Crippen LogP contribution in [0.2, 0.25) is 0 Å². The molecule has 1 saturated carbocycles. The van der Waals surface area contributed by atoms with Crippen molar-refractivity contribution in [3.63, 3.8) is 0 Å². The molecule has 3 N–H and O–H groups in total. The summed E-state index contributed by atoms with van der Waals surface area (Å²) in [4.78, 5) is 3.96. The number of thiazole rings is 1. The molecule has 1 aliphatic carbocycles. The third-order valence-corrected chi connectivity index (χ3v) is 5.85. The summed E-state index contributed by atoms with van der Waals surface area (Å²) in [6.07, 6.45) is 5.21. The number of sulfonamides is 1. The third kappa shape index (κ3) is 3.04. The van der Waals surface area contributed by atoms with Gasteiger partial charge in [0.25, 0.3) is 10.0 Å². The predicted molar refractivity (Wildman–Crippen MR) is 67.4 cm³/mol. The van der Waals surface area contributed by atoms with E-state index in [9.17, 15) is 8.42 Å². The summed E-state index contributed by atoms with van der Waals surface area (Å²) in [5, 5.41) is 0.748. The van der Waals surface area contributed by atoms with Crippen LogP contribution >= 0.6 is 11.3 Å². The van der Waals surface area contributed by atoms with Gasteiger partial charge in [-0.05, 0) is 19.8 Å². The lowest BCUT2D eigenvalue weighted by molar-refractivity contribution is 0.361. The van der Waals surface area contributed by atoms with E-state index in [4.69, 9.17) is 5.73 Å². The molecule has 5 nitrogen and oxygen atoms in total. The van der Waals surface area contributed by atoms with Gasteiger partial charge in [-0.1, -0.05) is 12.8 Å². The van der Waals surface area contributed by atoms with Crippen molar-refractivity contribution in [2.75, 3.05) is 0 Å². The zero-order chi connectivity index (χ0) is 12.5. The summed E-state index contributed by atoms with van der Waals surface area (Å²) >= 11 is 1.18. The molecule has 17 heavy (non-hydrogen) atoms. The Kier molecular flexibility index (Phi) is 3.82. The minimum Gasteiger partial charge on any atom is -0.326 e. The highest BCUT2D eigenvalue weighted by molar-refractivity contribution is 7.91. The Morgan fingerprint density at radius 2 is 2.18 bits per heavy atom. The highest BCUT2D eigenvalue weighted by Crippen LogP contribution is 2.22. The zero-order valence-electron chi connectivity index (χ0n) is 9.72. The standard InChI is InChI=1S/C10H17N3O2S2/c1-7-12-6-10(16-7)17(14,15)13-9-5-3-2-4-8(9)11/h6,8-9,13H,2-5,11H2,1H3/t8-,9-/m1/s1. The van der Waals surface area contributed by atoms with Crippen molar-refractivity contribution in [1.29, 1.82) is 0 Å². The number of hydrogen-bond acceptors (Lipinski definition) is 5. The molecule has 1 fully saturated rings. The first-order valence-corrected chi connectivity index (χ1v) is 7.99. The first-order chi connectivity index (χ1) is 7.99. The Balaban J connectivity index is 2.11. The van der Waals surface area contributed by atoms with E-state index in [1.54, 1.807) is 6.92 Å². The lowest BCUT2D eigenvalue weighted by Crippen LogP contribution is -2.49. The van der Waals surface area contributed by atoms with Gasteiger partial charge >= 0.3 is 0 Å². The first kappa shape index (κ1) is 12.9. The molecule has 2 rings (SSSR count). The van der Waals surface area contributed by atoms with Gasteiger partial charge in [-0.2, -0.15) is 0 Å². The van der Waals surface area contributed by atoms with Gasteiger partial charge in [0.1, 0.15) is 0 Å². The maximum atomic E-state index is 12.1. The summed E-state index contributed by atoms with van der Waals surface area (Å²) in [7, 11) is -3.45. The third-order valence-electron chi connectivity index (χ3n) is 2.99. The number of nitrogens with zero attached hydrogens (tertiary/aromatic N) is 1. The number of aromatic nitrogens is 1. The van der Waals surface area contributed by atoms with E-state index in [-0.39, 0.29) is 16.3 Å². The van der Waals surface area contributed by atoms with Crippen LogP contribution in [-0.2, 0) is 10.0 Å². The Bertz CT molecular complexity index is 483. The fourth-order valence-electron chi connectivity index (χ4n) is 2.03. The van der Waals surface area contributed by atoms with E-state index >= 15 is 0 Å². The maximum absolute atomic E-state index is 12.1. The first-order valence-electron chi connectivity index (χ1n) is 5.69. The molecular formula is C10H17N3O2S2. The van der Waals surface area contributed by atoms with Crippen LogP contribution in [0.1, 0.15) is 30.7 Å². The molecule has 1 heterocycles. The zero-order valence-corrected chi connectivity index (χ0v) is 11.4. The minimum absolute atomic E-state index is 0.0763. The highest BCUT2D eigenvalue weighted by atomic mass is 32.2. The lowest BCUT2D eigenvalue weighted by atomic mass is 9.92. The fourth-order valence-corrected chi connectivity index (χ4v) is 4.48. The maximum Gasteiger partial charge on any atom is 0.251 e. The molecular weight excluding hydrogens is 258 g/mol. The summed E-state index contributed by atoms with van der Waals surface area (Å²) in [5.74, 6) is 0. The predicted octanol–water partition coefficient (Wildman–Crippen LogP) is 1.000. The van der Waals surface area contributed by atoms with Crippen molar-refractivity contribution in [3.05, 3.63) is 11.2 Å². The molecule has 0 unspecified atom stereocenters. The number of nitrogens with one attached hydrogen (secondary N) is 1. The van der Waals surface area contributed by atoms with Crippen molar-refractivity contribution < 1.29 is 8.42 Å². The summed E-state index contributed by atoms with van der Waals surface area (Å²) in [5.41, 5.74) is 5.93. The second-order valence-electron chi connectivity index (χ2n) is 4.37. The molecule has 1 aliphatic rings. The van der Waals surface area contributed by atoms with Gasteiger partial charge in [0.05, 0.1) is 11.2 Å². The van der Waals surface area contributed by atoms with E-state index in [0.717, 1.165) is 30.7 Å². The normalized spacial score (nSPS) is 26.0. The Labute approximate surface area is 105 Å². The molecule has 0 radical (unpaired) electrons. The Morgan fingerprint density at radius 3 is 2.76 bits per heavy atom. The molecule has 0 bridgehead atoms. The van der Waals surface area contributed by atoms with Crippen molar-refractivity contribution in [1.82, 2.24) is 9.71 Å². The minimum atomic E-state index is -3.45. The molecule has 0 aliphatic heterocycles. The summed E-state index contributed by atoms with van der Waals surface area (Å²) in [6, 6.07) is -0.219. The van der Waals surface area contributed by atoms with E-state index in [2.05, 4.69) is 9.71 Å². The molecule has 1 aromatic heterocycles. The van der Waals surface area contributed by atoms with Crippen LogP contribution in [0.15, 0.2) is 10.4 Å².